The zero-order valence-electron chi connectivity index (χ0n) is 12.9. The number of likely N-dealkylation sites (tertiary alicyclic amines) is 1. The predicted octanol–water partition coefficient (Wildman–Crippen LogP) is 3.39. The molecule has 0 unspecified atom stereocenters. The number of rotatable bonds is 3. The molecule has 0 aromatic heterocycles. The summed E-state index contributed by atoms with van der Waals surface area (Å²) in [6.45, 7) is 8.11. The summed E-state index contributed by atoms with van der Waals surface area (Å²) in [7, 11) is 0. The number of amides is 1. The standard InChI is InChI=1S/C17H25NO2/c1-13-10-15(3)16(11-14(13)2)20-12-17(19)18-8-6-4-5-7-9-18/h10-11H,4-9,12H2,1-3H3. The van der Waals surface area contributed by atoms with E-state index in [1.54, 1.807) is 0 Å². The molecule has 1 aromatic carbocycles. The molecule has 0 radical (unpaired) electrons. The number of hydrogen-bond acceptors (Lipinski definition) is 2. The fraction of sp³-hybridized carbons (Fsp3) is 0.588. The normalized spacial score (nSPS) is 15.8. The topological polar surface area (TPSA) is 29.5 Å². The summed E-state index contributed by atoms with van der Waals surface area (Å²) in [5.74, 6) is 0.945. The zero-order chi connectivity index (χ0) is 14.5. The highest BCUT2D eigenvalue weighted by molar-refractivity contribution is 5.77. The molecule has 2 rings (SSSR count). The highest BCUT2D eigenvalue weighted by Gasteiger charge is 2.16. The Morgan fingerprint density at radius 2 is 1.60 bits per heavy atom. The molecule has 0 saturated carbocycles. The molecule has 0 aliphatic carbocycles. The van der Waals surface area contributed by atoms with Crippen LogP contribution in [0.4, 0.5) is 0 Å². The lowest BCUT2D eigenvalue weighted by Gasteiger charge is -2.21. The molecule has 1 aliphatic rings. The minimum atomic E-state index is 0.115. The lowest BCUT2D eigenvalue weighted by atomic mass is 10.1. The van der Waals surface area contributed by atoms with Gasteiger partial charge in [-0.15, -0.1) is 0 Å². The van der Waals surface area contributed by atoms with Gasteiger partial charge in [-0.2, -0.15) is 0 Å². The van der Waals surface area contributed by atoms with Gasteiger partial charge in [0.1, 0.15) is 5.75 Å². The van der Waals surface area contributed by atoms with Crippen LogP contribution < -0.4 is 4.74 Å². The first-order valence-electron chi connectivity index (χ1n) is 7.56. The first-order chi connectivity index (χ1) is 9.58. The molecule has 1 aliphatic heterocycles. The summed E-state index contributed by atoms with van der Waals surface area (Å²) < 4.78 is 5.74. The molecule has 1 fully saturated rings. The molecule has 0 bridgehead atoms. The number of benzene rings is 1. The lowest BCUT2D eigenvalue weighted by molar-refractivity contribution is -0.133. The van der Waals surface area contributed by atoms with Crippen LogP contribution in [-0.2, 0) is 4.79 Å². The van der Waals surface area contributed by atoms with Gasteiger partial charge in [0.25, 0.3) is 5.91 Å². The van der Waals surface area contributed by atoms with Crippen LogP contribution in [0, 0.1) is 20.8 Å². The Kier molecular flexibility index (Phi) is 5.05. The van der Waals surface area contributed by atoms with E-state index in [-0.39, 0.29) is 12.5 Å². The third kappa shape index (κ3) is 3.75. The van der Waals surface area contributed by atoms with Crippen LogP contribution in [0.5, 0.6) is 5.75 Å². The van der Waals surface area contributed by atoms with Crippen molar-refractivity contribution in [3.05, 3.63) is 28.8 Å². The molecule has 1 aromatic rings. The van der Waals surface area contributed by atoms with Crippen molar-refractivity contribution in [3.63, 3.8) is 0 Å². The molecular formula is C17H25NO2. The van der Waals surface area contributed by atoms with E-state index in [1.165, 1.54) is 24.0 Å². The van der Waals surface area contributed by atoms with Crippen LogP contribution >= 0.6 is 0 Å². The highest BCUT2D eigenvalue weighted by atomic mass is 16.5. The van der Waals surface area contributed by atoms with E-state index in [9.17, 15) is 4.79 Å². The Hall–Kier alpha value is -1.51. The smallest absolute Gasteiger partial charge is 0.260 e. The van der Waals surface area contributed by atoms with Crippen LogP contribution in [0.1, 0.15) is 42.4 Å². The molecule has 0 atom stereocenters. The van der Waals surface area contributed by atoms with Crippen molar-refractivity contribution in [2.45, 2.75) is 46.5 Å². The molecular weight excluding hydrogens is 250 g/mol. The van der Waals surface area contributed by atoms with Gasteiger partial charge in [0.2, 0.25) is 0 Å². The van der Waals surface area contributed by atoms with Gasteiger partial charge in [-0.3, -0.25) is 4.79 Å². The van der Waals surface area contributed by atoms with Crippen LogP contribution in [0.3, 0.4) is 0 Å². The third-order valence-electron chi connectivity index (χ3n) is 4.10. The molecule has 0 N–H and O–H groups in total. The quantitative estimate of drug-likeness (QED) is 0.846. The van der Waals surface area contributed by atoms with E-state index in [2.05, 4.69) is 19.9 Å². The number of carbonyl (C=O) groups excluding carboxylic acids is 1. The molecule has 0 spiro atoms. The van der Waals surface area contributed by atoms with Crippen molar-refractivity contribution in [1.82, 2.24) is 4.90 Å². The summed E-state index contributed by atoms with van der Waals surface area (Å²) >= 11 is 0. The second-order valence-electron chi connectivity index (χ2n) is 5.79. The van der Waals surface area contributed by atoms with Gasteiger partial charge in [-0.25, -0.2) is 0 Å². The van der Waals surface area contributed by atoms with Gasteiger partial charge in [-0.05, 0) is 56.4 Å². The maximum atomic E-state index is 12.2. The molecule has 1 heterocycles. The monoisotopic (exact) mass is 275 g/mol. The van der Waals surface area contributed by atoms with Crippen molar-refractivity contribution >= 4 is 5.91 Å². The largest absolute Gasteiger partial charge is 0.483 e. The second kappa shape index (κ2) is 6.78. The first kappa shape index (κ1) is 14.9. The third-order valence-corrected chi connectivity index (χ3v) is 4.10. The van der Waals surface area contributed by atoms with E-state index in [0.29, 0.717) is 0 Å². The van der Waals surface area contributed by atoms with Crippen molar-refractivity contribution in [2.24, 2.45) is 0 Å². The summed E-state index contributed by atoms with van der Waals surface area (Å²) in [4.78, 5) is 14.1. The Labute approximate surface area is 121 Å². The van der Waals surface area contributed by atoms with Gasteiger partial charge >= 0.3 is 0 Å². The minimum absolute atomic E-state index is 0.115. The molecule has 20 heavy (non-hydrogen) atoms. The van der Waals surface area contributed by atoms with E-state index >= 15 is 0 Å². The summed E-state index contributed by atoms with van der Waals surface area (Å²) in [6, 6.07) is 4.14. The molecule has 1 saturated heterocycles. The summed E-state index contributed by atoms with van der Waals surface area (Å²) in [5, 5.41) is 0. The average Bonchev–Trinajstić information content (AvgIpc) is 2.70. The Morgan fingerprint density at radius 3 is 2.25 bits per heavy atom. The Morgan fingerprint density at radius 1 is 1.00 bits per heavy atom. The molecule has 110 valence electrons. The number of hydrogen-bond donors (Lipinski definition) is 0. The predicted molar refractivity (Wildman–Crippen MR) is 81.2 cm³/mol. The fourth-order valence-corrected chi connectivity index (χ4v) is 2.64. The minimum Gasteiger partial charge on any atom is -0.483 e. The van der Waals surface area contributed by atoms with Crippen molar-refractivity contribution in [1.29, 1.82) is 0 Å². The number of carbonyl (C=O) groups is 1. The van der Waals surface area contributed by atoms with Crippen molar-refractivity contribution in [3.8, 4) is 5.75 Å². The van der Waals surface area contributed by atoms with Gasteiger partial charge in [0, 0.05) is 13.1 Å². The Bertz CT molecular complexity index is 474. The molecule has 3 nitrogen and oxygen atoms in total. The fourth-order valence-electron chi connectivity index (χ4n) is 2.64. The second-order valence-corrected chi connectivity index (χ2v) is 5.79. The maximum Gasteiger partial charge on any atom is 0.260 e. The first-order valence-corrected chi connectivity index (χ1v) is 7.56. The van der Waals surface area contributed by atoms with E-state index in [0.717, 1.165) is 37.2 Å². The molecule has 1 amide bonds. The van der Waals surface area contributed by atoms with E-state index < -0.39 is 0 Å². The van der Waals surface area contributed by atoms with Gasteiger partial charge in [0.05, 0.1) is 0 Å². The van der Waals surface area contributed by atoms with E-state index in [1.807, 2.05) is 17.9 Å². The van der Waals surface area contributed by atoms with Crippen LogP contribution in [-0.4, -0.2) is 30.5 Å². The van der Waals surface area contributed by atoms with Gasteiger partial charge in [0.15, 0.2) is 6.61 Å². The van der Waals surface area contributed by atoms with Crippen LogP contribution in [0.15, 0.2) is 12.1 Å². The Balaban J connectivity index is 1.94. The summed E-state index contributed by atoms with van der Waals surface area (Å²) in [5.41, 5.74) is 3.55. The van der Waals surface area contributed by atoms with Crippen LogP contribution in [0.2, 0.25) is 0 Å². The highest BCUT2D eigenvalue weighted by Crippen LogP contribution is 2.22. The van der Waals surface area contributed by atoms with Gasteiger partial charge < -0.3 is 9.64 Å². The average molecular weight is 275 g/mol. The van der Waals surface area contributed by atoms with Crippen molar-refractivity contribution in [2.75, 3.05) is 19.7 Å². The number of aryl methyl sites for hydroxylation is 3. The van der Waals surface area contributed by atoms with Crippen LogP contribution in [0.25, 0.3) is 0 Å². The maximum absolute atomic E-state index is 12.2. The SMILES string of the molecule is Cc1cc(C)c(OCC(=O)N2CCCCCC2)cc1C. The molecule has 3 heteroatoms. The summed E-state index contributed by atoms with van der Waals surface area (Å²) in [6.07, 6.45) is 4.71. The number of nitrogens with zero attached hydrogens (tertiary/aromatic N) is 1. The van der Waals surface area contributed by atoms with E-state index in [4.69, 9.17) is 4.74 Å². The van der Waals surface area contributed by atoms with Crippen molar-refractivity contribution < 1.29 is 9.53 Å². The van der Waals surface area contributed by atoms with Gasteiger partial charge in [-0.1, -0.05) is 18.9 Å². The lowest BCUT2D eigenvalue weighted by Crippen LogP contribution is -2.35. The number of ether oxygens (including phenoxy) is 1. The zero-order valence-corrected chi connectivity index (χ0v) is 12.9.